The quantitative estimate of drug-likeness (QED) is 0.181. The fraction of sp³-hybridized carbons (Fsp3) is 0.0196. The van der Waals surface area contributed by atoms with Crippen molar-refractivity contribution in [2.45, 2.75) is 0 Å². The number of para-hydroxylation sites is 2. The molecule has 8 aromatic carbocycles. The fourth-order valence-electron chi connectivity index (χ4n) is 7.77. The van der Waals surface area contributed by atoms with Gasteiger partial charge in [0.15, 0.2) is 5.82 Å². The van der Waals surface area contributed by atoms with E-state index in [0.29, 0.717) is 0 Å². The number of thiophene rings is 1. The van der Waals surface area contributed by atoms with E-state index in [1.165, 1.54) is 64.9 Å². The van der Waals surface area contributed by atoms with Gasteiger partial charge in [0.1, 0.15) is 0 Å². The van der Waals surface area contributed by atoms with Gasteiger partial charge in [-0.05, 0) is 57.3 Å². The minimum atomic E-state index is 0.744. The smallest absolute Gasteiger partial charge is 0.160 e. The standard InChI is InChI=1S/C38H24N2S.C13H11N/c1-3-10-25(11-4-1)27-18-21-28(22-19-27)35-37-36(40-38(39-35)29-13-5-2-6-14-29)34-32(16-9-17-33(34)41-37)31-23-20-26-12-7-8-15-30(26)24-31;1-14-12-8-4-2-6-10(12)11-7-3-5-9-13(11)14/h1-24H;2-9H,1H3. The molecule has 0 unspecified atom stereocenters. The van der Waals surface area contributed by atoms with Gasteiger partial charge in [-0.2, -0.15) is 0 Å². The average Bonchev–Trinajstić information content (AvgIpc) is 3.79. The Bertz CT molecular complexity index is 3090. The summed E-state index contributed by atoms with van der Waals surface area (Å²) in [6, 6.07) is 68.4. The zero-order chi connectivity index (χ0) is 36.7. The fourth-order valence-corrected chi connectivity index (χ4v) is 8.94. The zero-order valence-electron chi connectivity index (χ0n) is 30.2. The summed E-state index contributed by atoms with van der Waals surface area (Å²) < 4.78 is 4.57. The third-order valence-corrected chi connectivity index (χ3v) is 11.7. The van der Waals surface area contributed by atoms with Gasteiger partial charge in [-0.1, -0.05) is 170 Å². The Balaban J connectivity index is 0.000000222. The maximum Gasteiger partial charge on any atom is 0.160 e. The maximum atomic E-state index is 5.23. The summed E-state index contributed by atoms with van der Waals surface area (Å²) in [5.74, 6) is 0.744. The second-order valence-electron chi connectivity index (χ2n) is 13.8. The van der Waals surface area contributed by atoms with Crippen LogP contribution in [0.2, 0.25) is 0 Å². The number of nitrogens with zero attached hydrogens (tertiary/aromatic N) is 3. The topological polar surface area (TPSA) is 30.7 Å². The molecule has 0 N–H and O–H groups in total. The van der Waals surface area contributed by atoms with Crippen LogP contribution < -0.4 is 0 Å². The van der Waals surface area contributed by atoms with Crippen molar-refractivity contribution in [1.29, 1.82) is 0 Å². The van der Waals surface area contributed by atoms with Gasteiger partial charge in [0.25, 0.3) is 0 Å². The van der Waals surface area contributed by atoms with Crippen molar-refractivity contribution >= 4 is 64.2 Å². The van der Waals surface area contributed by atoms with Gasteiger partial charge < -0.3 is 4.57 Å². The highest BCUT2D eigenvalue weighted by molar-refractivity contribution is 7.26. The number of rotatable bonds is 4. The minimum Gasteiger partial charge on any atom is -0.344 e. The monoisotopic (exact) mass is 721 g/mol. The van der Waals surface area contributed by atoms with E-state index < -0.39 is 0 Å². The summed E-state index contributed by atoms with van der Waals surface area (Å²) >= 11 is 1.78. The van der Waals surface area contributed by atoms with Gasteiger partial charge in [-0.25, -0.2) is 9.97 Å². The first-order valence-electron chi connectivity index (χ1n) is 18.6. The van der Waals surface area contributed by atoms with Crippen LogP contribution in [0.15, 0.2) is 194 Å². The highest BCUT2D eigenvalue weighted by atomic mass is 32.1. The van der Waals surface area contributed by atoms with E-state index in [2.05, 4.69) is 181 Å². The van der Waals surface area contributed by atoms with E-state index >= 15 is 0 Å². The largest absolute Gasteiger partial charge is 0.344 e. The molecule has 0 fully saturated rings. The molecule has 0 bridgehead atoms. The second-order valence-corrected chi connectivity index (χ2v) is 14.9. The molecule has 0 saturated carbocycles. The second kappa shape index (κ2) is 13.8. The molecule has 3 heterocycles. The molecule has 0 atom stereocenters. The van der Waals surface area contributed by atoms with Crippen LogP contribution in [0.3, 0.4) is 0 Å². The lowest BCUT2D eigenvalue weighted by Crippen LogP contribution is -1.94. The SMILES string of the molecule is Cn1c2ccccc2c2ccccc21.c1ccc(-c2ccc(-c3nc(-c4ccccc4)nc4c3sc3cccc(-c5ccc6ccccc6c5)c34)cc2)cc1. The van der Waals surface area contributed by atoms with E-state index in [-0.39, 0.29) is 0 Å². The third kappa shape index (κ3) is 5.94. The molecular formula is C51H35N3S. The van der Waals surface area contributed by atoms with E-state index in [4.69, 9.17) is 9.97 Å². The van der Waals surface area contributed by atoms with Crippen molar-refractivity contribution < 1.29 is 0 Å². The molecular weight excluding hydrogens is 687 g/mol. The van der Waals surface area contributed by atoms with Crippen molar-refractivity contribution in [2.75, 3.05) is 0 Å². The van der Waals surface area contributed by atoms with Gasteiger partial charge in [-0.3, -0.25) is 0 Å². The molecule has 0 aliphatic rings. The van der Waals surface area contributed by atoms with Crippen molar-refractivity contribution in [2.24, 2.45) is 7.05 Å². The Hall–Kier alpha value is -6.88. The number of hydrogen-bond donors (Lipinski definition) is 0. The molecule has 4 heteroatoms. The molecule has 0 aliphatic carbocycles. The lowest BCUT2D eigenvalue weighted by atomic mass is 9.98. The predicted molar refractivity (Wildman–Crippen MR) is 235 cm³/mol. The number of fused-ring (bicyclic) bond motifs is 7. The van der Waals surface area contributed by atoms with Crippen LogP contribution >= 0.6 is 11.3 Å². The highest BCUT2D eigenvalue weighted by Crippen LogP contribution is 2.44. The Morgan fingerprint density at radius 3 is 1.71 bits per heavy atom. The van der Waals surface area contributed by atoms with Gasteiger partial charge >= 0.3 is 0 Å². The van der Waals surface area contributed by atoms with Crippen LogP contribution in [-0.4, -0.2) is 14.5 Å². The summed E-state index contributed by atoms with van der Waals surface area (Å²) in [6.07, 6.45) is 0. The molecule has 0 amide bonds. The Kier molecular flexibility index (Phi) is 8.24. The molecule has 3 aromatic heterocycles. The van der Waals surface area contributed by atoms with Crippen LogP contribution in [0.4, 0.5) is 0 Å². The van der Waals surface area contributed by atoms with Crippen LogP contribution in [-0.2, 0) is 7.05 Å². The minimum absolute atomic E-state index is 0.744. The number of benzene rings is 8. The Morgan fingerprint density at radius 2 is 1.00 bits per heavy atom. The van der Waals surface area contributed by atoms with E-state index in [9.17, 15) is 0 Å². The van der Waals surface area contributed by atoms with Crippen molar-refractivity contribution in [3.63, 3.8) is 0 Å². The van der Waals surface area contributed by atoms with E-state index in [0.717, 1.165) is 32.9 Å². The highest BCUT2D eigenvalue weighted by Gasteiger charge is 2.19. The summed E-state index contributed by atoms with van der Waals surface area (Å²) in [4.78, 5) is 10.4. The Labute approximate surface area is 323 Å². The predicted octanol–water partition coefficient (Wildman–Crippen LogP) is 14.0. The van der Waals surface area contributed by atoms with Gasteiger partial charge in [-0.15, -0.1) is 11.3 Å². The van der Waals surface area contributed by atoms with Crippen molar-refractivity contribution in [3.05, 3.63) is 194 Å². The first kappa shape index (κ1) is 32.7. The van der Waals surface area contributed by atoms with E-state index in [1.54, 1.807) is 11.3 Å². The normalized spacial score (nSPS) is 11.4. The summed E-state index contributed by atoms with van der Waals surface area (Å²) in [7, 11) is 2.12. The number of hydrogen-bond acceptors (Lipinski definition) is 3. The average molecular weight is 722 g/mol. The van der Waals surface area contributed by atoms with Crippen LogP contribution in [0.1, 0.15) is 0 Å². The van der Waals surface area contributed by atoms with Gasteiger partial charge in [0, 0.05) is 50.1 Å². The molecule has 0 saturated heterocycles. The number of aryl methyl sites for hydroxylation is 1. The molecule has 11 aromatic rings. The van der Waals surface area contributed by atoms with Gasteiger partial charge in [0.05, 0.1) is 15.9 Å². The van der Waals surface area contributed by atoms with E-state index in [1.807, 2.05) is 24.3 Å². The molecule has 55 heavy (non-hydrogen) atoms. The molecule has 11 rings (SSSR count). The lowest BCUT2D eigenvalue weighted by Gasteiger charge is -2.09. The van der Waals surface area contributed by atoms with Crippen molar-refractivity contribution in [3.8, 4) is 44.9 Å². The molecule has 260 valence electrons. The van der Waals surface area contributed by atoms with Crippen LogP contribution in [0.5, 0.6) is 0 Å². The lowest BCUT2D eigenvalue weighted by molar-refractivity contribution is 1.01. The molecule has 3 nitrogen and oxygen atoms in total. The Morgan fingerprint density at radius 1 is 0.436 bits per heavy atom. The third-order valence-electron chi connectivity index (χ3n) is 10.5. The zero-order valence-corrected chi connectivity index (χ0v) is 31.0. The summed E-state index contributed by atoms with van der Waals surface area (Å²) in [5, 5.41) is 6.34. The van der Waals surface area contributed by atoms with Crippen LogP contribution in [0, 0.1) is 0 Å². The summed E-state index contributed by atoms with van der Waals surface area (Å²) in [5.41, 5.74) is 11.5. The first-order chi connectivity index (χ1) is 27.2. The first-order valence-corrected chi connectivity index (χ1v) is 19.4. The molecule has 0 aliphatic heterocycles. The summed E-state index contributed by atoms with van der Waals surface area (Å²) in [6.45, 7) is 0. The van der Waals surface area contributed by atoms with Crippen LogP contribution in [0.25, 0.3) is 97.8 Å². The molecule has 0 radical (unpaired) electrons. The number of aromatic nitrogens is 3. The van der Waals surface area contributed by atoms with Gasteiger partial charge in [0.2, 0.25) is 0 Å². The maximum absolute atomic E-state index is 5.23. The molecule has 0 spiro atoms. The van der Waals surface area contributed by atoms with Crippen molar-refractivity contribution in [1.82, 2.24) is 14.5 Å².